The Morgan fingerprint density at radius 2 is 2.27 bits per heavy atom. The molecule has 0 unspecified atom stereocenters. The van der Waals surface area contributed by atoms with Crippen LogP contribution in [0.5, 0.6) is 0 Å². The number of hydrogen-bond acceptors (Lipinski definition) is 6. The van der Waals surface area contributed by atoms with Crippen molar-refractivity contribution in [3.8, 4) is 11.5 Å². The van der Waals surface area contributed by atoms with Crippen LogP contribution in [0.25, 0.3) is 11.5 Å². The van der Waals surface area contributed by atoms with Crippen molar-refractivity contribution in [3.05, 3.63) is 24.2 Å². The third kappa shape index (κ3) is 3.44. The van der Waals surface area contributed by atoms with Crippen molar-refractivity contribution in [1.82, 2.24) is 15.1 Å². The molecule has 118 valence electrons. The van der Waals surface area contributed by atoms with Crippen molar-refractivity contribution in [3.63, 3.8) is 0 Å². The zero-order valence-electron chi connectivity index (χ0n) is 13.1. The summed E-state index contributed by atoms with van der Waals surface area (Å²) in [7, 11) is 0. The van der Waals surface area contributed by atoms with Crippen molar-refractivity contribution in [2.24, 2.45) is 5.92 Å². The molecule has 3 heterocycles. The maximum atomic E-state index is 9.75. The smallest absolute Gasteiger partial charge is 0.259 e. The number of hydrogen-bond donors (Lipinski definition) is 1. The fourth-order valence-electron chi connectivity index (χ4n) is 2.68. The number of piperidine rings is 1. The zero-order valence-corrected chi connectivity index (χ0v) is 13.1. The Morgan fingerprint density at radius 1 is 1.41 bits per heavy atom. The molecule has 0 bridgehead atoms. The molecule has 1 saturated heterocycles. The van der Waals surface area contributed by atoms with Gasteiger partial charge in [0.1, 0.15) is 5.82 Å². The number of aliphatic hydroxyl groups is 1. The number of pyridine rings is 1. The highest BCUT2D eigenvalue weighted by Crippen LogP contribution is 2.22. The average molecular weight is 302 g/mol. The van der Waals surface area contributed by atoms with E-state index >= 15 is 0 Å². The molecular weight excluding hydrogens is 280 g/mol. The summed E-state index contributed by atoms with van der Waals surface area (Å²) in [4.78, 5) is 11.0. The van der Waals surface area contributed by atoms with Crippen LogP contribution in [-0.2, 0) is 6.42 Å². The number of rotatable bonds is 4. The van der Waals surface area contributed by atoms with Crippen LogP contribution in [0.3, 0.4) is 0 Å². The minimum atomic E-state index is -0.259. The summed E-state index contributed by atoms with van der Waals surface area (Å²) in [5, 5.41) is 13.7. The van der Waals surface area contributed by atoms with Crippen LogP contribution in [0.15, 0.2) is 22.9 Å². The molecular formula is C16H22N4O2. The lowest BCUT2D eigenvalue weighted by molar-refractivity contribution is 0.154. The number of anilines is 1. The third-order valence-corrected chi connectivity index (χ3v) is 3.77. The van der Waals surface area contributed by atoms with Gasteiger partial charge >= 0.3 is 0 Å². The second-order valence-electron chi connectivity index (χ2n) is 6.26. The van der Waals surface area contributed by atoms with Gasteiger partial charge in [0.15, 0.2) is 5.82 Å². The SMILES string of the molecule is CC(C)Cc1noc(-c2ccc(N3CCC[C@@H](O)C3)nc2)n1. The van der Waals surface area contributed by atoms with Crippen molar-refractivity contribution >= 4 is 5.82 Å². The van der Waals surface area contributed by atoms with E-state index in [1.54, 1.807) is 6.20 Å². The van der Waals surface area contributed by atoms with E-state index in [0.717, 1.165) is 43.0 Å². The summed E-state index contributed by atoms with van der Waals surface area (Å²) in [5.41, 5.74) is 0.823. The topological polar surface area (TPSA) is 75.3 Å². The Bertz CT molecular complexity index is 609. The molecule has 1 fully saturated rings. The first-order chi connectivity index (χ1) is 10.6. The molecule has 1 atom stereocenters. The Kier molecular flexibility index (Phi) is 4.38. The van der Waals surface area contributed by atoms with Gasteiger partial charge in [0.25, 0.3) is 5.89 Å². The van der Waals surface area contributed by atoms with E-state index < -0.39 is 0 Å². The fraction of sp³-hybridized carbons (Fsp3) is 0.562. The zero-order chi connectivity index (χ0) is 15.5. The van der Waals surface area contributed by atoms with E-state index in [4.69, 9.17) is 4.52 Å². The number of nitrogens with zero attached hydrogens (tertiary/aromatic N) is 4. The minimum absolute atomic E-state index is 0.259. The first kappa shape index (κ1) is 15.0. The van der Waals surface area contributed by atoms with Gasteiger partial charge in [0.05, 0.1) is 11.7 Å². The first-order valence-electron chi connectivity index (χ1n) is 7.84. The van der Waals surface area contributed by atoms with E-state index in [1.807, 2.05) is 12.1 Å². The lowest BCUT2D eigenvalue weighted by atomic mass is 10.1. The summed E-state index contributed by atoms with van der Waals surface area (Å²) in [5.74, 6) is 2.61. The molecule has 0 radical (unpaired) electrons. The van der Waals surface area contributed by atoms with Gasteiger partial charge in [-0.2, -0.15) is 4.98 Å². The summed E-state index contributed by atoms with van der Waals surface area (Å²) >= 11 is 0. The maximum Gasteiger partial charge on any atom is 0.259 e. The third-order valence-electron chi connectivity index (χ3n) is 3.77. The Labute approximate surface area is 130 Å². The summed E-state index contributed by atoms with van der Waals surface area (Å²) in [6.45, 7) is 5.83. The summed E-state index contributed by atoms with van der Waals surface area (Å²) in [6, 6.07) is 3.88. The van der Waals surface area contributed by atoms with Crippen LogP contribution in [0, 0.1) is 5.92 Å². The van der Waals surface area contributed by atoms with E-state index in [-0.39, 0.29) is 6.10 Å². The van der Waals surface area contributed by atoms with Gasteiger partial charge in [-0.25, -0.2) is 4.98 Å². The van der Waals surface area contributed by atoms with Crippen LogP contribution < -0.4 is 4.90 Å². The van der Waals surface area contributed by atoms with Gasteiger partial charge in [0, 0.05) is 25.7 Å². The molecule has 2 aromatic rings. The second-order valence-corrected chi connectivity index (χ2v) is 6.26. The van der Waals surface area contributed by atoms with Crippen molar-refractivity contribution in [2.45, 2.75) is 39.2 Å². The van der Waals surface area contributed by atoms with Gasteiger partial charge in [-0.3, -0.25) is 0 Å². The average Bonchev–Trinajstić information content (AvgIpc) is 2.95. The molecule has 1 aliphatic heterocycles. The molecule has 0 aliphatic carbocycles. The Hall–Kier alpha value is -1.95. The van der Waals surface area contributed by atoms with Crippen LogP contribution in [-0.4, -0.2) is 39.4 Å². The lowest BCUT2D eigenvalue weighted by Crippen LogP contribution is -2.38. The molecule has 6 heteroatoms. The highest BCUT2D eigenvalue weighted by molar-refractivity contribution is 5.54. The Balaban J connectivity index is 1.72. The quantitative estimate of drug-likeness (QED) is 0.934. The van der Waals surface area contributed by atoms with E-state index in [1.165, 1.54) is 0 Å². The van der Waals surface area contributed by atoms with E-state index in [0.29, 0.717) is 18.4 Å². The molecule has 0 spiro atoms. The molecule has 2 aromatic heterocycles. The van der Waals surface area contributed by atoms with Crippen LogP contribution in [0.2, 0.25) is 0 Å². The molecule has 0 aromatic carbocycles. The second kappa shape index (κ2) is 6.44. The maximum absolute atomic E-state index is 9.75. The van der Waals surface area contributed by atoms with Crippen LogP contribution >= 0.6 is 0 Å². The highest BCUT2D eigenvalue weighted by atomic mass is 16.5. The van der Waals surface area contributed by atoms with Gasteiger partial charge in [-0.05, 0) is 30.9 Å². The molecule has 1 aliphatic rings. The van der Waals surface area contributed by atoms with E-state index in [2.05, 4.69) is 33.9 Å². The summed E-state index contributed by atoms with van der Waals surface area (Å²) < 4.78 is 5.30. The standard InChI is InChI=1S/C16H22N4O2/c1-11(2)8-14-18-16(22-19-14)12-5-6-15(17-9-12)20-7-3-4-13(21)10-20/h5-6,9,11,13,21H,3-4,7-8,10H2,1-2H3/t13-/m1/s1. The Morgan fingerprint density at radius 3 is 2.95 bits per heavy atom. The first-order valence-corrected chi connectivity index (χ1v) is 7.84. The van der Waals surface area contributed by atoms with Crippen molar-refractivity contribution < 1.29 is 9.63 Å². The van der Waals surface area contributed by atoms with Gasteiger partial charge in [0.2, 0.25) is 0 Å². The van der Waals surface area contributed by atoms with Crippen LogP contribution in [0.4, 0.5) is 5.82 Å². The monoisotopic (exact) mass is 302 g/mol. The number of β-amino-alcohol motifs (C(OH)–C–C–N with tert-alkyl or cyclic N) is 1. The van der Waals surface area contributed by atoms with Crippen LogP contribution in [0.1, 0.15) is 32.5 Å². The van der Waals surface area contributed by atoms with E-state index in [9.17, 15) is 5.11 Å². The molecule has 1 N–H and O–H groups in total. The minimum Gasteiger partial charge on any atom is -0.391 e. The van der Waals surface area contributed by atoms with Gasteiger partial charge < -0.3 is 14.5 Å². The van der Waals surface area contributed by atoms with Crippen molar-refractivity contribution in [1.29, 1.82) is 0 Å². The predicted molar refractivity (Wildman–Crippen MR) is 83.5 cm³/mol. The molecule has 0 saturated carbocycles. The summed E-state index contributed by atoms with van der Waals surface area (Å²) in [6.07, 6.45) is 4.16. The number of aliphatic hydroxyl groups excluding tert-OH is 1. The predicted octanol–water partition coefficient (Wildman–Crippen LogP) is 2.29. The van der Waals surface area contributed by atoms with Crippen molar-refractivity contribution in [2.75, 3.05) is 18.0 Å². The molecule has 6 nitrogen and oxygen atoms in total. The normalized spacial score (nSPS) is 18.9. The highest BCUT2D eigenvalue weighted by Gasteiger charge is 2.19. The molecule has 0 amide bonds. The fourth-order valence-corrected chi connectivity index (χ4v) is 2.68. The number of aromatic nitrogens is 3. The molecule has 3 rings (SSSR count). The molecule has 22 heavy (non-hydrogen) atoms. The van der Waals surface area contributed by atoms with Gasteiger partial charge in [-0.15, -0.1) is 0 Å². The largest absolute Gasteiger partial charge is 0.391 e. The lowest BCUT2D eigenvalue weighted by Gasteiger charge is -2.30. The van der Waals surface area contributed by atoms with Gasteiger partial charge in [-0.1, -0.05) is 19.0 Å².